The van der Waals surface area contributed by atoms with Crippen LogP contribution >= 0.6 is 0 Å². The zero-order chi connectivity index (χ0) is 7.14. The summed E-state index contributed by atoms with van der Waals surface area (Å²) in [5, 5.41) is 0. The molecular formula is C9H12O. The minimum absolute atomic E-state index is 0.441. The average Bonchev–Trinajstić information content (AvgIpc) is 2.45. The van der Waals surface area contributed by atoms with Gasteiger partial charge >= 0.3 is 0 Å². The molecule has 0 N–H and O–H groups in total. The van der Waals surface area contributed by atoms with Crippen molar-refractivity contribution in [2.75, 3.05) is 0 Å². The summed E-state index contributed by atoms with van der Waals surface area (Å²) in [4.78, 5) is 11.1. The van der Waals surface area contributed by atoms with Crippen LogP contribution in [0.15, 0.2) is 12.2 Å². The Hall–Kier alpha value is -0.590. The van der Waals surface area contributed by atoms with Crippen LogP contribution in [0.3, 0.4) is 0 Å². The van der Waals surface area contributed by atoms with Crippen LogP contribution in [0.5, 0.6) is 0 Å². The van der Waals surface area contributed by atoms with Gasteiger partial charge in [-0.15, -0.1) is 0 Å². The molecule has 0 aromatic heterocycles. The molecule has 0 aromatic carbocycles. The molecule has 0 saturated heterocycles. The number of Topliss-reactive ketones (excluding diaryl/α,β-unsaturated/α-hetero) is 1. The third kappa shape index (κ3) is 0.664. The van der Waals surface area contributed by atoms with E-state index in [0.717, 1.165) is 18.8 Å². The Kier molecular flexibility index (Phi) is 1.19. The van der Waals surface area contributed by atoms with Crippen molar-refractivity contribution in [1.82, 2.24) is 0 Å². The number of ketones is 1. The predicted molar refractivity (Wildman–Crippen MR) is 39.5 cm³/mol. The summed E-state index contributed by atoms with van der Waals surface area (Å²) >= 11 is 0. The smallest absolute Gasteiger partial charge is 0.136 e. The molecule has 2 rings (SSSR count). The lowest BCUT2D eigenvalue weighted by Crippen LogP contribution is -1.96. The second-order valence-electron chi connectivity index (χ2n) is 3.30. The summed E-state index contributed by atoms with van der Waals surface area (Å²) in [7, 11) is 0. The first-order chi connectivity index (χ1) is 4.84. The van der Waals surface area contributed by atoms with Crippen LogP contribution in [-0.4, -0.2) is 5.78 Å². The molecule has 2 aliphatic rings. The molecule has 0 aliphatic heterocycles. The Labute approximate surface area is 61.1 Å². The first-order valence-corrected chi connectivity index (χ1v) is 4.00. The second kappa shape index (κ2) is 1.94. The Bertz CT molecular complexity index is 193. The number of carbonyl (C=O) groups is 1. The molecule has 54 valence electrons. The van der Waals surface area contributed by atoms with Crippen molar-refractivity contribution in [1.29, 1.82) is 0 Å². The molecular weight excluding hydrogens is 124 g/mol. The molecule has 0 heterocycles. The van der Waals surface area contributed by atoms with Gasteiger partial charge in [0.2, 0.25) is 0 Å². The standard InChI is InChI=1S/C9H12O/c1-2-3-6-7-4-5-8(10)9(6)7/h2-3,6-7,9H,4-5H2,1H3/b3-2+/t6-,7-,9+/m1/s1. The monoisotopic (exact) mass is 136 g/mol. The molecule has 0 aromatic rings. The van der Waals surface area contributed by atoms with Crippen LogP contribution in [0.2, 0.25) is 0 Å². The van der Waals surface area contributed by atoms with Crippen LogP contribution in [0.4, 0.5) is 0 Å². The van der Waals surface area contributed by atoms with E-state index in [2.05, 4.69) is 12.2 Å². The van der Waals surface area contributed by atoms with Gasteiger partial charge in [-0.3, -0.25) is 4.79 Å². The van der Waals surface area contributed by atoms with E-state index < -0.39 is 0 Å². The molecule has 10 heavy (non-hydrogen) atoms. The Balaban J connectivity index is 2.05. The SMILES string of the molecule is C/C=C/[C@@H]1[C@H]2CCC(=O)[C@@H]12. The lowest BCUT2D eigenvalue weighted by molar-refractivity contribution is -0.119. The minimum Gasteiger partial charge on any atom is -0.299 e. The highest BCUT2D eigenvalue weighted by Crippen LogP contribution is 2.56. The van der Waals surface area contributed by atoms with Gasteiger partial charge in [0.1, 0.15) is 5.78 Å². The molecule has 0 spiro atoms. The van der Waals surface area contributed by atoms with Crippen molar-refractivity contribution in [2.24, 2.45) is 17.8 Å². The number of fused-ring (bicyclic) bond motifs is 1. The van der Waals surface area contributed by atoms with Crippen molar-refractivity contribution >= 4 is 5.78 Å². The fourth-order valence-corrected chi connectivity index (χ4v) is 2.19. The first kappa shape index (κ1) is 6.14. The summed E-state index contributed by atoms with van der Waals surface area (Å²) < 4.78 is 0. The lowest BCUT2D eigenvalue weighted by Gasteiger charge is -1.92. The maximum Gasteiger partial charge on any atom is 0.136 e. The normalized spacial score (nSPS) is 44.5. The number of carbonyl (C=O) groups excluding carboxylic acids is 1. The van der Waals surface area contributed by atoms with Gasteiger partial charge in [0.05, 0.1) is 0 Å². The quantitative estimate of drug-likeness (QED) is 0.502. The summed E-state index contributed by atoms with van der Waals surface area (Å²) in [6.45, 7) is 2.03. The van der Waals surface area contributed by atoms with E-state index in [9.17, 15) is 4.79 Å². The molecule has 0 bridgehead atoms. The second-order valence-corrected chi connectivity index (χ2v) is 3.30. The van der Waals surface area contributed by atoms with Gasteiger partial charge < -0.3 is 0 Å². The van der Waals surface area contributed by atoms with Gasteiger partial charge in [0.15, 0.2) is 0 Å². The van der Waals surface area contributed by atoms with E-state index in [-0.39, 0.29) is 0 Å². The summed E-state index contributed by atoms with van der Waals surface area (Å²) in [6, 6.07) is 0. The Morgan fingerprint density at radius 2 is 2.40 bits per heavy atom. The number of rotatable bonds is 1. The van der Waals surface area contributed by atoms with E-state index >= 15 is 0 Å². The van der Waals surface area contributed by atoms with Crippen molar-refractivity contribution in [3.05, 3.63) is 12.2 Å². The topological polar surface area (TPSA) is 17.1 Å². The third-order valence-corrected chi connectivity index (χ3v) is 2.74. The molecule has 0 unspecified atom stereocenters. The van der Waals surface area contributed by atoms with E-state index in [1.807, 2.05) is 6.92 Å². The van der Waals surface area contributed by atoms with Crippen molar-refractivity contribution < 1.29 is 4.79 Å². The van der Waals surface area contributed by atoms with Crippen LogP contribution < -0.4 is 0 Å². The Morgan fingerprint density at radius 1 is 1.60 bits per heavy atom. The molecule has 2 saturated carbocycles. The zero-order valence-corrected chi connectivity index (χ0v) is 6.21. The largest absolute Gasteiger partial charge is 0.299 e. The van der Waals surface area contributed by atoms with E-state index in [4.69, 9.17) is 0 Å². The molecule has 3 atom stereocenters. The van der Waals surface area contributed by atoms with E-state index in [0.29, 0.717) is 17.6 Å². The summed E-state index contributed by atoms with van der Waals surface area (Å²) in [6.07, 6.45) is 6.25. The number of hydrogen-bond donors (Lipinski definition) is 0. The van der Waals surface area contributed by atoms with Gasteiger partial charge in [0, 0.05) is 12.3 Å². The fourth-order valence-electron chi connectivity index (χ4n) is 2.19. The highest BCUT2D eigenvalue weighted by Gasteiger charge is 2.56. The van der Waals surface area contributed by atoms with Gasteiger partial charge in [-0.2, -0.15) is 0 Å². The maximum atomic E-state index is 11.1. The van der Waals surface area contributed by atoms with Crippen molar-refractivity contribution in [3.8, 4) is 0 Å². The Morgan fingerprint density at radius 3 is 2.90 bits per heavy atom. The van der Waals surface area contributed by atoms with Crippen molar-refractivity contribution in [3.63, 3.8) is 0 Å². The van der Waals surface area contributed by atoms with Crippen LogP contribution in [0.1, 0.15) is 19.8 Å². The highest BCUT2D eigenvalue weighted by molar-refractivity contribution is 5.87. The third-order valence-electron chi connectivity index (χ3n) is 2.74. The molecule has 1 heteroatoms. The van der Waals surface area contributed by atoms with Gasteiger partial charge in [-0.1, -0.05) is 12.2 Å². The number of allylic oxidation sites excluding steroid dienone is 2. The summed E-state index contributed by atoms with van der Waals surface area (Å²) in [5.74, 6) is 2.32. The lowest BCUT2D eigenvalue weighted by atomic mass is 10.1. The molecule has 0 amide bonds. The zero-order valence-electron chi connectivity index (χ0n) is 6.21. The predicted octanol–water partition coefficient (Wildman–Crippen LogP) is 1.79. The molecule has 1 nitrogen and oxygen atoms in total. The minimum atomic E-state index is 0.441. The van der Waals surface area contributed by atoms with Gasteiger partial charge in [0.25, 0.3) is 0 Å². The van der Waals surface area contributed by atoms with E-state index in [1.165, 1.54) is 0 Å². The summed E-state index contributed by atoms with van der Waals surface area (Å²) in [5.41, 5.74) is 0. The molecule has 2 fully saturated rings. The van der Waals surface area contributed by atoms with Crippen LogP contribution in [-0.2, 0) is 4.79 Å². The van der Waals surface area contributed by atoms with Crippen LogP contribution in [0, 0.1) is 17.8 Å². The molecule has 2 aliphatic carbocycles. The highest BCUT2D eigenvalue weighted by atomic mass is 16.1. The van der Waals surface area contributed by atoms with Crippen molar-refractivity contribution in [2.45, 2.75) is 19.8 Å². The van der Waals surface area contributed by atoms with E-state index in [1.54, 1.807) is 0 Å². The van der Waals surface area contributed by atoms with Gasteiger partial charge in [-0.25, -0.2) is 0 Å². The maximum absolute atomic E-state index is 11.1. The number of hydrogen-bond acceptors (Lipinski definition) is 1. The molecule has 0 radical (unpaired) electrons. The average molecular weight is 136 g/mol. The van der Waals surface area contributed by atoms with Crippen LogP contribution in [0.25, 0.3) is 0 Å². The fraction of sp³-hybridized carbons (Fsp3) is 0.667. The first-order valence-electron chi connectivity index (χ1n) is 4.00. The van der Waals surface area contributed by atoms with Gasteiger partial charge in [-0.05, 0) is 25.2 Å².